The molecule has 0 radical (unpaired) electrons. The quantitative estimate of drug-likeness (QED) is 0.773. The zero-order chi connectivity index (χ0) is 18.0. The summed E-state index contributed by atoms with van der Waals surface area (Å²) in [6, 6.07) is 14.2. The van der Waals surface area contributed by atoms with Gasteiger partial charge in [-0.1, -0.05) is 29.8 Å². The summed E-state index contributed by atoms with van der Waals surface area (Å²) in [4.78, 5) is 14.9. The summed E-state index contributed by atoms with van der Waals surface area (Å²) in [5, 5.41) is 3.19. The van der Waals surface area contributed by atoms with E-state index in [1.165, 1.54) is 11.1 Å². The highest BCUT2D eigenvalue weighted by Crippen LogP contribution is 2.17. The number of likely N-dealkylation sites (N-methyl/N-ethyl adjacent to an activating group) is 1. The third-order valence-electron chi connectivity index (χ3n) is 4.29. The van der Waals surface area contributed by atoms with Crippen molar-refractivity contribution < 1.29 is 4.79 Å². The molecule has 0 spiro atoms. The van der Waals surface area contributed by atoms with E-state index in [-0.39, 0.29) is 11.9 Å². The van der Waals surface area contributed by atoms with Gasteiger partial charge in [-0.25, -0.2) is 0 Å². The Balaban J connectivity index is 1.85. The molecule has 3 aromatic rings. The Labute approximate surface area is 149 Å². The molecule has 0 saturated carbocycles. The number of amides is 1. The van der Waals surface area contributed by atoms with Crippen molar-refractivity contribution in [3.05, 3.63) is 77.1 Å². The Morgan fingerprint density at radius 3 is 2.60 bits per heavy atom. The van der Waals surface area contributed by atoms with Crippen molar-refractivity contribution in [3.63, 3.8) is 0 Å². The highest BCUT2D eigenvalue weighted by Gasteiger charge is 2.17. The zero-order valence-electron chi connectivity index (χ0n) is 15.3. The van der Waals surface area contributed by atoms with Crippen LogP contribution in [0, 0.1) is 13.8 Å². The molecular weight excluding hydrogens is 310 g/mol. The minimum Gasteiger partial charge on any atom is -0.344 e. The first-order valence-corrected chi connectivity index (χ1v) is 8.53. The normalized spacial score (nSPS) is 12.5. The third-order valence-corrected chi connectivity index (χ3v) is 4.29. The van der Waals surface area contributed by atoms with Gasteiger partial charge in [-0.2, -0.15) is 0 Å². The number of pyridine rings is 1. The fraction of sp³-hybridized carbons (Fsp3) is 0.286. The second kappa shape index (κ2) is 7.11. The number of rotatable bonds is 5. The molecule has 4 nitrogen and oxygen atoms in total. The minimum atomic E-state index is -0.0541. The van der Waals surface area contributed by atoms with Crippen molar-refractivity contribution in [2.45, 2.75) is 19.9 Å². The summed E-state index contributed by atoms with van der Waals surface area (Å²) in [6.45, 7) is 4.87. The maximum atomic E-state index is 12.8. The number of benzene rings is 1. The lowest BCUT2D eigenvalue weighted by atomic mass is 10.0. The monoisotopic (exact) mass is 335 g/mol. The fourth-order valence-electron chi connectivity index (χ4n) is 3.12. The molecule has 1 aromatic carbocycles. The van der Waals surface area contributed by atoms with E-state index < -0.39 is 0 Å². The van der Waals surface area contributed by atoms with Crippen molar-refractivity contribution in [2.24, 2.45) is 0 Å². The Bertz CT molecular complexity index is 895. The van der Waals surface area contributed by atoms with Crippen LogP contribution in [0.2, 0.25) is 0 Å². The van der Waals surface area contributed by atoms with E-state index in [1.54, 1.807) is 0 Å². The van der Waals surface area contributed by atoms with Crippen LogP contribution in [0.25, 0.3) is 5.52 Å². The Morgan fingerprint density at radius 1 is 1.08 bits per heavy atom. The van der Waals surface area contributed by atoms with Crippen LogP contribution < -0.4 is 5.32 Å². The molecule has 25 heavy (non-hydrogen) atoms. The first-order valence-electron chi connectivity index (χ1n) is 8.53. The molecule has 1 N–H and O–H groups in total. The SMILES string of the molecule is Cc1cccc(C(CN(C)C)NC(=O)c2ccc3cc(C)cn3c2)c1. The maximum absolute atomic E-state index is 12.8. The van der Waals surface area contributed by atoms with Gasteiger partial charge in [0.1, 0.15) is 0 Å². The molecule has 0 saturated heterocycles. The number of hydrogen-bond donors (Lipinski definition) is 1. The molecule has 0 fully saturated rings. The van der Waals surface area contributed by atoms with Crippen LogP contribution in [0.3, 0.4) is 0 Å². The average Bonchev–Trinajstić information content (AvgIpc) is 2.92. The summed E-state index contributed by atoms with van der Waals surface area (Å²) < 4.78 is 2.00. The average molecular weight is 335 g/mol. The summed E-state index contributed by atoms with van der Waals surface area (Å²) in [5.41, 5.74) is 5.26. The lowest BCUT2D eigenvalue weighted by Gasteiger charge is -2.23. The molecule has 130 valence electrons. The van der Waals surface area contributed by atoms with Gasteiger partial charge in [0, 0.05) is 24.5 Å². The van der Waals surface area contributed by atoms with E-state index >= 15 is 0 Å². The molecule has 0 aliphatic rings. The van der Waals surface area contributed by atoms with E-state index in [2.05, 4.69) is 48.3 Å². The van der Waals surface area contributed by atoms with Crippen molar-refractivity contribution in [1.82, 2.24) is 14.6 Å². The number of nitrogens with zero attached hydrogens (tertiary/aromatic N) is 2. The predicted octanol–water partition coefficient (Wildman–Crippen LogP) is 3.59. The number of carbonyl (C=O) groups is 1. The van der Waals surface area contributed by atoms with E-state index in [9.17, 15) is 4.79 Å². The molecule has 0 aliphatic carbocycles. The topological polar surface area (TPSA) is 36.8 Å². The van der Waals surface area contributed by atoms with Gasteiger partial charge in [0.05, 0.1) is 11.6 Å². The molecule has 4 heteroatoms. The van der Waals surface area contributed by atoms with Gasteiger partial charge in [0.2, 0.25) is 0 Å². The summed E-state index contributed by atoms with van der Waals surface area (Å²) in [5.74, 6) is -0.0541. The Hall–Kier alpha value is -2.59. The van der Waals surface area contributed by atoms with E-state index in [0.29, 0.717) is 5.56 Å². The van der Waals surface area contributed by atoms with E-state index in [1.807, 2.05) is 49.1 Å². The number of aryl methyl sites for hydroxylation is 2. The first-order chi connectivity index (χ1) is 11.9. The lowest BCUT2D eigenvalue weighted by molar-refractivity contribution is 0.0929. The second-order valence-corrected chi connectivity index (χ2v) is 6.97. The predicted molar refractivity (Wildman–Crippen MR) is 102 cm³/mol. The van der Waals surface area contributed by atoms with Gasteiger partial charge in [-0.15, -0.1) is 0 Å². The van der Waals surface area contributed by atoms with Crippen molar-refractivity contribution in [2.75, 3.05) is 20.6 Å². The van der Waals surface area contributed by atoms with Crippen LogP contribution in [-0.4, -0.2) is 35.8 Å². The van der Waals surface area contributed by atoms with Crippen LogP contribution in [0.4, 0.5) is 0 Å². The number of aromatic nitrogens is 1. The number of hydrogen-bond acceptors (Lipinski definition) is 2. The Kier molecular flexibility index (Phi) is 4.91. The summed E-state index contributed by atoms with van der Waals surface area (Å²) in [6.07, 6.45) is 3.92. The number of nitrogens with one attached hydrogen (secondary N) is 1. The minimum absolute atomic E-state index is 0.0514. The smallest absolute Gasteiger partial charge is 0.253 e. The van der Waals surface area contributed by atoms with Gasteiger partial charge in [0.25, 0.3) is 5.91 Å². The molecule has 1 unspecified atom stereocenters. The number of fused-ring (bicyclic) bond motifs is 1. The van der Waals surface area contributed by atoms with Crippen LogP contribution in [0.5, 0.6) is 0 Å². The second-order valence-electron chi connectivity index (χ2n) is 6.97. The van der Waals surface area contributed by atoms with Crippen molar-refractivity contribution in [3.8, 4) is 0 Å². The number of carbonyl (C=O) groups excluding carboxylic acids is 1. The van der Waals surface area contributed by atoms with Crippen LogP contribution in [0.1, 0.15) is 33.1 Å². The van der Waals surface area contributed by atoms with Crippen LogP contribution in [-0.2, 0) is 0 Å². The first kappa shape index (κ1) is 17.2. The highest BCUT2D eigenvalue weighted by molar-refractivity contribution is 5.94. The largest absolute Gasteiger partial charge is 0.344 e. The Morgan fingerprint density at radius 2 is 1.88 bits per heavy atom. The van der Waals surface area contributed by atoms with Crippen molar-refractivity contribution >= 4 is 11.4 Å². The lowest BCUT2D eigenvalue weighted by Crippen LogP contribution is -2.35. The molecule has 1 atom stereocenters. The highest BCUT2D eigenvalue weighted by atomic mass is 16.1. The van der Waals surface area contributed by atoms with Crippen molar-refractivity contribution in [1.29, 1.82) is 0 Å². The maximum Gasteiger partial charge on any atom is 0.253 e. The van der Waals surface area contributed by atoms with Crippen LogP contribution >= 0.6 is 0 Å². The van der Waals surface area contributed by atoms with Gasteiger partial charge in [-0.05, 0) is 57.3 Å². The molecule has 2 heterocycles. The summed E-state index contributed by atoms with van der Waals surface area (Å²) in [7, 11) is 4.03. The van der Waals surface area contributed by atoms with Gasteiger partial charge in [0.15, 0.2) is 0 Å². The molecular formula is C21H25N3O. The fourth-order valence-corrected chi connectivity index (χ4v) is 3.12. The molecule has 2 aromatic heterocycles. The van der Waals surface area contributed by atoms with Crippen LogP contribution in [0.15, 0.2) is 54.9 Å². The van der Waals surface area contributed by atoms with Gasteiger partial charge < -0.3 is 14.6 Å². The van der Waals surface area contributed by atoms with E-state index in [0.717, 1.165) is 17.6 Å². The third kappa shape index (κ3) is 4.09. The summed E-state index contributed by atoms with van der Waals surface area (Å²) >= 11 is 0. The van der Waals surface area contributed by atoms with E-state index in [4.69, 9.17) is 0 Å². The molecule has 1 amide bonds. The zero-order valence-corrected chi connectivity index (χ0v) is 15.3. The standard InChI is InChI=1S/C21H25N3O/c1-15-6-5-7-17(10-15)20(14-23(3)4)22-21(25)18-8-9-19-11-16(2)12-24(19)13-18/h5-13,20H,14H2,1-4H3,(H,22,25). The van der Waals surface area contributed by atoms with Gasteiger partial charge in [-0.3, -0.25) is 4.79 Å². The molecule has 0 aliphatic heterocycles. The van der Waals surface area contributed by atoms with Gasteiger partial charge >= 0.3 is 0 Å². The molecule has 3 rings (SSSR count). The molecule has 0 bridgehead atoms.